The molecule has 0 unspecified atom stereocenters. The Morgan fingerprint density at radius 2 is 1.78 bits per heavy atom. The molecule has 0 saturated carbocycles. The molecule has 0 radical (unpaired) electrons. The monoisotopic (exact) mass is 458 g/mol. The molecule has 32 heavy (non-hydrogen) atoms. The van der Waals surface area contributed by atoms with Crippen LogP contribution in [0.3, 0.4) is 0 Å². The molecule has 1 saturated heterocycles. The first-order valence-corrected chi connectivity index (χ1v) is 10.3. The number of anilines is 2. The minimum Gasteiger partial charge on any atom is -0.497 e. The van der Waals surface area contributed by atoms with E-state index in [1.54, 1.807) is 36.3 Å². The van der Waals surface area contributed by atoms with Crippen molar-refractivity contribution in [1.29, 1.82) is 0 Å². The number of nitrogens with one attached hydrogen (secondary N) is 2. The highest BCUT2D eigenvalue weighted by Crippen LogP contribution is 2.28. The van der Waals surface area contributed by atoms with Crippen molar-refractivity contribution in [3.8, 4) is 5.75 Å². The van der Waals surface area contributed by atoms with Crippen LogP contribution in [-0.2, 0) is 14.4 Å². The fourth-order valence-electron chi connectivity index (χ4n) is 3.33. The van der Waals surface area contributed by atoms with Gasteiger partial charge in [0.1, 0.15) is 17.6 Å². The van der Waals surface area contributed by atoms with Crippen molar-refractivity contribution in [1.82, 2.24) is 10.2 Å². The molecule has 2 N–H and O–H groups in total. The first kappa shape index (κ1) is 23.1. The van der Waals surface area contributed by atoms with Crippen LogP contribution < -0.4 is 20.3 Å². The van der Waals surface area contributed by atoms with Gasteiger partial charge < -0.3 is 20.3 Å². The molecule has 0 aliphatic carbocycles. The van der Waals surface area contributed by atoms with E-state index in [9.17, 15) is 18.8 Å². The first-order valence-electron chi connectivity index (χ1n) is 9.88. The number of hydrogen-bond acceptors (Lipinski definition) is 5. The topological polar surface area (TPSA) is 91.0 Å². The lowest BCUT2D eigenvalue weighted by Gasteiger charge is -2.24. The third kappa shape index (κ3) is 5.38. The largest absolute Gasteiger partial charge is 0.497 e. The van der Waals surface area contributed by atoms with Crippen LogP contribution in [-0.4, -0.2) is 54.0 Å². The molecule has 1 atom stereocenters. The minimum atomic E-state index is -0.848. The zero-order chi connectivity index (χ0) is 23.3. The van der Waals surface area contributed by atoms with Crippen LogP contribution in [0.2, 0.25) is 0 Å². The number of carbonyl (C=O) groups is 3. The summed E-state index contributed by atoms with van der Waals surface area (Å²) in [7, 11) is 1.54. The predicted molar refractivity (Wildman–Crippen MR) is 122 cm³/mol. The van der Waals surface area contributed by atoms with Gasteiger partial charge in [-0.05, 0) is 60.7 Å². The van der Waals surface area contributed by atoms with Crippen molar-refractivity contribution in [3.63, 3.8) is 0 Å². The molecule has 3 rings (SSSR count). The lowest BCUT2D eigenvalue weighted by molar-refractivity contribution is -0.124. The lowest BCUT2D eigenvalue weighted by atomic mass is 10.1. The second-order valence-electron chi connectivity index (χ2n) is 7.11. The summed E-state index contributed by atoms with van der Waals surface area (Å²) in [6.45, 7) is 1.91. The van der Waals surface area contributed by atoms with Crippen LogP contribution in [0.1, 0.15) is 13.3 Å². The first-order chi connectivity index (χ1) is 15.3. The number of halogens is 1. The number of nitrogens with zero attached hydrogens (tertiary/aromatic N) is 2. The van der Waals surface area contributed by atoms with Gasteiger partial charge in [0.05, 0.1) is 19.2 Å². The summed E-state index contributed by atoms with van der Waals surface area (Å²) < 4.78 is 18.3. The highest BCUT2D eigenvalue weighted by molar-refractivity contribution is 7.80. The van der Waals surface area contributed by atoms with Gasteiger partial charge in [-0.15, -0.1) is 0 Å². The molecule has 1 aliphatic heterocycles. The Morgan fingerprint density at radius 1 is 1.12 bits per heavy atom. The minimum absolute atomic E-state index is 0.164. The number of thiocarbonyl (C=S) groups is 1. The van der Waals surface area contributed by atoms with E-state index in [0.29, 0.717) is 17.1 Å². The Bertz CT molecular complexity index is 1010. The molecule has 8 nitrogen and oxygen atoms in total. The van der Waals surface area contributed by atoms with Gasteiger partial charge in [-0.25, -0.2) is 4.39 Å². The smallest absolute Gasteiger partial charge is 0.256 e. The van der Waals surface area contributed by atoms with Crippen LogP contribution >= 0.6 is 12.2 Å². The molecule has 0 bridgehead atoms. The van der Waals surface area contributed by atoms with Crippen molar-refractivity contribution in [2.24, 2.45) is 0 Å². The number of benzene rings is 2. The molecule has 1 heterocycles. The molecule has 1 aliphatic rings. The standard InChI is InChI=1S/C22H23FN4O4S/c1-14(28)24-11-12-26-19(13-20(29)25-16-5-3-15(23)4-6-16)21(30)27(22(26)32)17-7-9-18(31-2)10-8-17/h3-10,19H,11-13H2,1-2H3,(H,24,28)(H,25,29)/t19-/m0/s1. The average molecular weight is 459 g/mol. The molecule has 0 spiro atoms. The number of rotatable bonds is 8. The highest BCUT2D eigenvalue weighted by atomic mass is 32.1. The van der Waals surface area contributed by atoms with Crippen LogP contribution in [0.4, 0.5) is 15.8 Å². The molecule has 2 aromatic carbocycles. The van der Waals surface area contributed by atoms with Gasteiger partial charge in [0, 0.05) is 25.7 Å². The van der Waals surface area contributed by atoms with E-state index in [1.165, 1.54) is 36.1 Å². The summed E-state index contributed by atoms with van der Waals surface area (Å²) in [5.41, 5.74) is 0.966. The van der Waals surface area contributed by atoms with Crippen LogP contribution in [0.15, 0.2) is 48.5 Å². The fraction of sp³-hybridized carbons (Fsp3) is 0.273. The average Bonchev–Trinajstić information content (AvgIpc) is 2.99. The van der Waals surface area contributed by atoms with Crippen LogP contribution in [0.25, 0.3) is 0 Å². The number of carbonyl (C=O) groups excluding carboxylic acids is 3. The van der Waals surface area contributed by atoms with E-state index in [4.69, 9.17) is 17.0 Å². The zero-order valence-corrected chi connectivity index (χ0v) is 18.4. The summed E-state index contributed by atoms with van der Waals surface area (Å²) in [4.78, 5) is 40.1. The number of hydrogen-bond donors (Lipinski definition) is 2. The molecule has 1 fully saturated rings. The number of amides is 3. The summed E-state index contributed by atoms with van der Waals surface area (Å²) in [5.74, 6) is -0.766. The highest BCUT2D eigenvalue weighted by Gasteiger charge is 2.43. The lowest BCUT2D eigenvalue weighted by Crippen LogP contribution is -2.42. The summed E-state index contributed by atoms with van der Waals surface area (Å²) in [5, 5.41) is 5.58. The van der Waals surface area contributed by atoms with E-state index in [-0.39, 0.29) is 36.4 Å². The third-order valence-electron chi connectivity index (χ3n) is 4.88. The van der Waals surface area contributed by atoms with Gasteiger partial charge in [-0.2, -0.15) is 0 Å². The number of ether oxygens (including phenoxy) is 1. The zero-order valence-electron chi connectivity index (χ0n) is 17.6. The van der Waals surface area contributed by atoms with E-state index in [0.717, 1.165) is 0 Å². The van der Waals surface area contributed by atoms with E-state index in [1.807, 2.05) is 0 Å². The quantitative estimate of drug-likeness (QED) is 0.590. The Balaban J connectivity index is 1.79. The maximum absolute atomic E-state index is 13.3. The van der Waals surface area contributed by atoms with Crippen molar-refractivity contribution < 1.29 is 23.5 Å². The van der Waals surface area contributed by atoms with Crippen molar-refractivity contribution in [2.45, 2.75) is 19.4 Å². The molecular weight excluding hydrogens is 435 g/mol. The van der Waals surface area contributed by atoms with E-state index < -0.39 is 17.8 Å². The second-order valence-corrected chi connectivity index (χ2v) is 7.47. The van der Waals surface area contributed by atoms with Gasteiger partial charge in [0.25, 0.3) is 5.91 Å². The Labute approximate surface area is 190 Å². The number of methoxy groups -OCH3 is 1. The molecule has 0 aromatic heterocycles. The molecule has 168 valence electrons. The Morgan fingerprint density at radius 3 is 2.38 bits per heavy atom. The van der Waals surface area contributed by atoms with E-state index >= 15 is 0 Å². The molecule has 10 heteroatoms. The van der Waals surface area contributed by atoms with Crippen molar-refractivity contribution >= 4 is 46.4 Å². The Hall–Kier alpha value is -3.53. The van der Waals surface area contributed by atoms with Gasteiger partial charge in [-0.1, -0.05) is 0 Å². The predicted octanol–water partition coefficient (Wildman–Crippen LogP) is 2.30. The van der Waals surface area contributed by atoms with Gasteiger partial charge in [0.2, 0.25) is 11.8 Å². The summed E-state index contributed by atoms with van der Waals surface area (Å²) in [6, 6.07) is 11.3. The SMILES string of the molecule is COc1ccc(N2C(=O)[C@H](CC(=O)Nc3ccc(F)cc3)N(CCNC(C)=O)C2=S)cc1. The van der Waals surface area contributed by atoms with Gasteiger partial charge in [0.15, 0.2) is 5.11 Å². The van der Waals surface area contributed by atoms with Crippen LogP contribution in [0, 0.1) is 5.82 Å². The van der Waals surface area contributed by atoms with Crippen LogP contribution in [0.5, 0.6) is 5.75 Å². The molecular formula is C22H23FN4O4S. The maximum atomic E-state index is 13.3. The van der Waals surface area contributed by atoms with E-state index in [2.05, 4.69) is 10.6 Å². The van der Waals surface area contributed by atoms with Crippen molar-refractivity contribution in [3.05, 3.63) is 54.3 Å². The van der Waals surface area contributed by atoms with Gasteiger partial charge in [-0.3, -0.25) is 19.3 Å². The molecule has 2 aromatic rings. The molecule has 3 amide bonds. The normalized spacial score (nSPS) is 15.7. The second kappa shape index (κ2) is 10.2. The maximum Gasteiger partial charge on any atom is 0.256 e. The summed E-state index contributed by atoms with van der Waals surface area (Å²) in [6.07, 6.45) is -0.164. The van der Waals surface area contributed by atoms with Crippen molar-refractivity contribution in [2.75, 3.05) is 30.4 Å². The summed E-state index contributed by atoms with van der Waals surface area (Å²) >= 11 is 5.55. The third-order valence-corrected chi connectivity index (χ3v) is 5.30. The Kier molecular flexibility index (Phi) is 7.37. The fourth-order valence-corrected chi connectivity index (χ4v) is 3.74. The van der Waals surface area contributed by atoms with Gasteiger partial charge >= 0.3 is 0 Å².